The summed E-state index contributed by atoms with van der Waals surface area (Å²) in [7, 11) is -3.15. The highest BCUT2D eigenvalue weighted by Gasteiger charge is 2.27. The Kier molecular flexibility index (Phi) is 4.05. The van der Waals surface area contributed by atoms with Crippen LogP contribution in [0.5, 0.6) is 6.01 Å². The molecule has 6 nitrogen and oxygen atoms in total. The van der Waals surface area contributed by atoms with Gasteiger partial charge in [-0.1, -0.05) is 0 Å². The SMILES string of the molecule is Cc1cc(C)nc(OC2CCCN(S(C)(=O)=O)C2)n1. The topological polar surface area (TPSA) is 72.4 Å². The minimum Gasteiger partial charge on any atom is -0.459 e. The van der Waals surface area contributed by atoms with Crippen molar-refractivity contribution in [3.05, 3.63) is 17.5 Å². The Morgan fingerprint density at radius 2 is 1.95 bits per heavy atom. The molecule has 1 aromatic rings. The summed E-state index contributed by atoms with van der Waals surface area (Å²) in [5.41, 5.74) is 1.69. The van der Waals surface area contributed by atoms with E-state index < -0.39 is 10.0 Å². The van der Waals surface area contributed by atoms with Crippen LogP contribution >= 0.6 is 0 Å². The molecule has 1 saturated heterocycles. The van der Waals surface area contributed by atoms with Crippen LogP contribution in [-0.2, 0) is 10.0 Å². The fourth-order valence-corrected chi connectivity index (χ4v) is 3.10. The number of nitrogens with zero attached hydrogens (tertiary/aromatic N) is 3. The molecule has 0 radical (unpaired) electrons. The van der Waals surface area contributed by atoms with Crippen LogP contribution < -0.4 is 4.74 Å². The van der Waals surface area contributed by atoms with Crippen molar-refractivity contribution >= 4 is 10.0 Å². The number of piperidine rings is 1. The molecule has 7 heteroatoms. The van der Waals surface area contributed by atoms with Crippen LogP contribution in [0, 0.1) is 13.8 Å². The predicted molar refractivity (Wildman–Crippen MR) is 71.6 cm³/mol. The molecule has 1 aliphatic heterocycles. The van der Waals surface area contributed by atoms with Crippen molar-refractivity contribution < 1.29 is 13.2 Å². The molecule has 2 heterocycles. The van der Waals surface area contributed by atoms with Crippen molar-refractivity contribution in [3.63, 3.8) is 0 Å². The summed E-state index contributed by atoms with van der Waals surface area (Å²) in [6, 6.07) is 2.20. The summed E-state index contributed by atoms with van der Waals surface area (Å²) < 4.78 is 30.2. The molecule has 0 aromatic carbocycles. The third kappa shape index (κ3) is 3.87. The monoisotopic (exact) mass is 285 g/mol. The highest BCUT2D eigenvalue weighted by atomic mass is 32.2. The van der Waals surface area contributed by atoms with E-state index in [1.54, 1.807) is 0 Å². The molecule has 0 saturated carbocycles. The van der Waals surface area contributed by atoms with Crippen molar-refractivity contribution in [3.8, 4) is 6.01 Å². The first-order valence-corrected chi connectivity index (χ1v) is 8.13. The lowest BCUT2D eigenvalue weighted by atomic mass is 10.1. The predicted octanol–water partition coefficient (Wildman–Crippen LogP) is 0.896. The number of ether oxygens (including phenoxy) is 1. The van der Waals surface area contributed by atoms with E-state index in [-0.39, 0.29) is 6.10 Å². The molecule has 1 aliphatic rings. The van der Waals surface area contributed by atoms with Gasteiger partial charge in [0.15, 0.2) is 0 Å². The lowest BCUT2D eigenvalue weighted by Crippen LogP contribution is -2.44. The van der Waals surface area contributed by atoms with Crippen molar-refractivity contribution in [1.82, 2.24) is 14.3 Å². The molecule has 2 rings (SSSR count). The molecule has 19 heavy (non-hydrogen) atoms. The average molecular weight is 285 g/mol. The van der Waals surface area contributed by atoms with E-state index in [9.17, 15) is 8.42 Å². The number of aryl methyl sites for hydroxylation is 2. The van der Waals surface area contributed by atoms with Crippen LogP contribution in [0.2, 0.25) is 0 Å². The molecule has 0 aliphatic carbocycles. The summed E-state index contributed by atoms with van der Waals surface area (Å²) in [5.74, 6) is 0. The van der Waals surface area contributed by atoms with E-state index in [4.69, 9.17) is 4.74 Å². The van der Waals surface area contributed by atoms with Gasteiger partial charge >= 0.3 is 6.01 Å². The molecule has 1 unspecified atom stereocenters. The normalized spacial score (nSPS) is 21.3. The van der Waals surface area contributed by atoms with Gasteiger partial charge in [0.05, 0.1) is 12.8 Å². The van der Waals surface area contributed by atoms with Crippen molar-refractivity contribution in [2.45, 2.75) is 32.8 Å². The number of hydrogen-bond acceptors (Lipinski definition) is 5. The smallest absolute Gasteiger partial charge is 0.317 e. The van der Waals surface area contributed by atoms with E-state index >= 15 is 0 Å². The second-order valence-corrected chi connectivity index (χ2v) is 6.92. The quantitative estimate of drug-likeness (QED) is 0.825. The van der Waals surface area contributed by atoms with E-state index in [0.717, 1.165) is 24.2 Å². The zero-order valence-corrected chi connectivity index (χ0v) is 12.3. The summed E-state index contributed by atoms with van der Waals surface area (Å²) >= 11 is 0. The highest BCUT2D eigenvalue weighted by Crippen LogP contribution is 2.17. The van der Waals surface area contributed by atoms with Gasteiger partial charge in [0.1, 0.15) is 6.10 Å². The molecule has 1 atom stereocenters. The van der Waals surface area contributed by atoms with Gasteiger partial charge in [0.2, 0.25) is 10.0 Å². The third-order valence-corrected chi connectivity index (χ3v) is 4.31. The second-order valence-electron chi connectivity index (χ2n) is 4.94. The summed E-state index contributed by atoms with van der Waals surface area (Å²) in [6.45, 7) is 4.69. The third-order valence-electron chi connectivity index (χ3n) is 3.04. The molecule has 106 valence electrons. The largest absolute Gasteiger partial charge is 0.459 e. The van der Waals surface area contributed by atoms with Crippen LogP contribution in [0.3, 0.4) is 0 Å². The maximum atomic E-state index is 11.5. The molecule has 1 aromatic heterocycles. The van der Waals surface area contributed by atoms with Crippen LogP contribution in [0.4, 0.5) is 0 Å². The lowest BCUT2D eigenvalue weighted by molar-refractivity contribution is 0.119. The molecular formula is C12H19N3O3S. The summed E-state index contributed by atoms with van der Waals surface area (Å²) in [4.78, 5) is 8.43. The maximum Gasteiger partial charge on any atom is 0.317 e. The van der Waals surface area contributed by atoms with Gasteiger partial charge in [-0.3, -0.25) is 0 Å². The van der Waals surface area contributed by atoms with E-state index in [1.807, 2.05) is 19.9 Å². The zero-order chi connectivity index (χ0) is 14.0. The first-order chi connectivity index (χ1) is 8.84. The van der Waals surface area contributed by atoms with Crippen LogP contribution in [0.1, 0.15) is 24.2 Å². The highest BCUT2D eigenvalue weighted by molar-refractivity contribution is 7.88. The summed E-state index contributed by atoms with van der Waals surface area (Å²) in [6.07, 6.45) is 2.66. The number of sulfonamides is 1. The Morgan fingerprint density at radius 3 is 2.53 bits per heavy atom. The van der Waals surface area contributed by atoms with Gasteiger partial charge < -0.3 is 4.74 Å². The fourth-order valence-electron chi connectivity index (χ4n) is 2.20. The van der Waals surface area contributed by atoms with Crippen LogP contribution in [0.25, 0.3) is 0 Å². The van der Waals surface area contributed by atoms with Crippen LogP contribution in [0.15, 0.2) is 6.07 Å². The minimum absolute atomic E-state index is 0.176. The number of rotatable bonds is 3. The van der Waals surface area contributed by atoms with Crippen molar-refractivity contribution in [2.24, 2.45) is 0 Å². The number of aromatic nitrogens is 2. The first kappa shape index (κ1) is 14.2. The van der Waals surface area contributed by atoms with Crippen molar-refractivity contribution in [1.29, 1.82) is 0 Å². The average Bonchev–Trinajstić information content (AvgIpc) is 2.26. The Bertz CT molecular complexity index is 539. The first-order valence-electron chi connectivity index (χ1n) is 6.28. The van der Waals surface area contributed by atoms with E-state index in [2.05, 4.69) is 9.97 Å². The molecule has 1 fully saturated rings. The Hall–Kier alpha value is -1.21. The van der Waals surface area contributed by atoms with Crippen molar-refractivity contribution in [2.75, 3.05) is 19.3 Å². The molecule has 0 amide bonds. The minimum atomic E-state index is -3.15. The lowest BCUT2D eigenvalue weighted by Gasteiger charge is -2.30. The Morgan fingerprint density at radius 1 is 1.32 bits per heavy atom. The molecule has 0 spiro atoms. The molecular weight excluding hydrogens is 266 g/mol. The van der Waals surface area contributed by atoms with Gasteiger partial charge in [-0.15, -0.1) is 0 Å². The van der Waals surface area contributed by atoms with Gasteiger partial charge in [-0.25, -0.2) is 18.4 Å². The Labute approximate surface area is 113 Å². The standard InChI is InChI=1S/C12H19N3O3S/c1-9-7-10(2)14-12(13-9)18-11-5-4-6-15(8-11)19(3,16)17/h7,11H,4-6,8H2,1-3H3. The fraction of sp³-hybridized carbons (Fsp3) is 0.667. The maximum absolute atomic E-state index is 11.5. The Balaban J connectivity index is 2.06. The van der Waals surface area contributed by atoms with Gasteiger partial charge in [-0.05, 0) is 32.8 Å². The van der Waals surface area contributed by atoms with E-state index in [0.29, 0.717) is 19.1 Å². The second kappa shape index (κ2) is 5.42. The zero-order valence-electron chi connectivity index (χ0n) is 11.5. The van der Waals surface area contributed by atoms with E-state index in [1.165, 1.54) is 10.6 Å². The number of hydrogen-bond donors (Lipinski definition) is 0. The van der Waals surface area contributed by atoms with Gasteiger partial charge in [0, 0.05) is 17.9 Å². The van der Waals surface area contributed by atoms with Gasteiger partial charge in [0.25, 0.3) is 0 Å². The summed E-state index contributed by atoms with van der Waals surface area (Å²) in [5, 5.41) is 0. The molecule has 0 bridgehead atoms. The van der Waals surface area contributed by atoms with Crippen LogP contribution in [-0.4, -0.2) is 48.1 Å². The molecule has 0 N–H and O–H groups in total. The van der Waals surface area contributed by atoms with Gasteiger partial charge in [-0.2, -0.15) is 4.31 Å².